The molecule has 4 rings (SSSR count). The first kappa shape index (κ1) is 28.7. The van der Waals surface area contributed by atoms with Crippen molar-refractivity contribution in [2.75, 3.05) is 19.8 Å². The summed E-state index contributed by atoms with van der Waals surface area (Å²) >= 11 is 0. The molecule has 1 unspecified atom stereocenters. The van der Waals surface area contributed by atoms with Gasteiger partial charge in [-0.25, -0.2) is 0 Å². The number of aryl methyl sites for hydroxylation is 1. The molecule has 0 aliphatic rings. The molecule has 8 nitrogen and oxygen atoms in total. The molecule has 4 aromatic rings. The number of carbonyl (C=O) groups excluding carboxylic acids is 1. The molecule has 0 amide bonds. The largest absolute Gasteiger partial charge is 0.481 e. The number of fused-ring (bicyclic) bond motifs is 1. The van der Waals surface area contributed by atoms with E-state index in [1.807, 2.05) is 96.6 Å². The van der Waals surface area contributed by atoms with E-state index in [4.69, 9.17) is 26.2 Å². The first-order valence-electron chi connectivity index (χ1n) is 12.3. The molecule has 1 aromatic heterocycles. The molecule has 3 aromatic carbocycles. The molecule has 38 heavy (non-hydrogen) atoms. The van der Waals surface area contributed by atoms with E-state index in [2.05, 4.69) is 0 Å². The minimum atomic E-state index is -1.21. The molecule has 0 aliphatic heterocycles. The van der Waals surface area contributed by atoms with Crippen LogP contribution in [0.1, 0.15) is 40.7 Å². The number of para-hydroxylation sites is 1. The molecule has 0 radical (unpaired) electrons. The van der Waals surface area contributed by atoms with Gasteiger partial charge in [-0.15, -0.1) is 0 Å². The molecule has 0 spiro atoms. The maximum atomic E-state index is 13.5. The minimum Gasteiger partial charge on any atom is -0.481 e. The topological polar surface area (TPSA) is 146 Å². The predicted molar refractivity (Wildman–Crippen MR) is 147 cm³/mol. The van der Waals surface area contributed by atoms with E-state index < -0.39 is 31.3 Å². The van der Waals surface area contributed by atoms with Gasteiger partial charge in [0.2, 0.25) is 0 Å². The lowest BCUT2D eigenvalue weighted by Crippen LogP contribution is -2.50. The minimum absolute atomic E-state index is 0.0521. The Morgan fingerprint density at radius 2 is 1.47 bits per heavy atom. The average molecular weight is 519 g/mol. The van der Waals surface area contributed by atoms with E-state index in [1.54, 1.807) is 0 Å². The highest BCUT2D eigenvalue weighted by molar-refractivity contribution is 6.11. The number of hydrogen-bond donors (Lipinski definition) is 5. The van der Waals surface area contributed by atoms with Crippen molar-refractivity contribution >= 4 is 22.7 Å². The zero-order chi connectivity index (χ0) is 27.7. The molecule has 0 saturated heterocycles. The summed E-state index contributed by atoms with van der Waals surface area (Å²) in [4.78, 5) is 24.5. The summed E-state index contributed by atoms with van der Waals surface area (Å²) in [7, 11) is 0. The Labute approximate surface area is 221 Å². The third kappa shape index (κ3) is 6.93. The van der Waals surface area contributed by atoms with Crippen LogP contribution in [0.25, 0.3) is 16.6 Å². The van der Waals surface area contributed by atoms with Gasteiger partial charge in [0.1, 0.15) is 0 Å². The molecule has 1 atom stereocenters. The molecule has 8 heteroatoms. The number of aliphatic hydroxyl groups is 3. The Morgan fingerprint density at radius 3 is 2.00 bits per heavy atom. The van der Waals surface area contributed by atoms with Gasteiger partial charge >= 0.3 is 5.97 Å². The van der Waals surface area contributed by atoms with E-state index in [-0.39, 0.29) is 18.1 Å². The molecule has 0 saturated carbocycles. The van der Waals surface area contributed by atoms with Crippen molar-refractivity contribution in [2.45, 2.75) is 31.2 Å². The van der Waals surface area contributed by atoms with Crippen LogP contribution < -0.4 is 5.73 Å². The van der Waals surface area contributed by atoms with Crippen molar-refractivity contribution in [2.24, 2.45) is 5.73 Å². The highest BCUT2D eigenvalue weighted by Crippen LogP contribution is 2.30. The van der Waals surface area contributed by atoms with Gasteiger partial charge in [-0.2, -0.15) is 0 Å². The summed E-state index contributed by atoms with van der Waals surface area (Å²) in [5, 5.41) is 34.9. The fourth-order valence-corrected chi connectivity index (χ4v) is 3.96. The van der Waals surface area contributed by atoms with Crippen molar-refractivity contribution in [1.82, 2.24) is 4.57 Å². The highest BCUT2D eigenvalue weighted by Gasteiger charge is 2.23. The third-order valence-corrected chi connectivity index (χ3v) is 6.43. The smallest absolute Gasteiger partial charge is 0.303 e. The molecular weight excluding hydrogens is 484 g/mol. The Kier molecular flexibility index (Phi) is 9.92. The number of nitrogens with two attached hydrogens (primary N) is 1. The highest BCUT2D eigenvalue weighted by atomic mass is 16.4. The van der Waals surface area contributed by atoms with Gasteiger partial charge in [-0.3, -0.25) is 9.59 Å². The number of aliphatic carboxylic acids is 1. The normalized spacial score (nSPS) is 12.0. The molecule has 0 fully saturated rings. The lowest BCUT2D eigenvalue weighted by molar-refractivity contribution is -0.136. The standard InChI is InChI=1S/C26H23NO3.C4H11NO3/c1-18(20-8-4-2-5-9-20)26(30)23-17-27(21-10-6-3-7-11-21)24-14-12-19(16-22(23)24)13-15-25(28)29;5-4(1-6,2-7)3-8/h2-12,14,16-18H,13,15H2,1H3,(H,28,29);6-8H,1-3,5H2. The summed E-state index contributed by atoms with van der Waals surface area (Å²) in [5.41, 5.74) is 8.40. The quantitative estimate of drug-likeness (QED) is 0.203. The number of aliphatic hydroxyl groups excluding tert-OH is 3. The predicted octanol–water partition coefficient (Wildman–Crippen LogP) is 3.29. The van der Waals surface area contributed by atoms with Crippen molar-refractivity contribution in [3.63, 3.8) is 0 Å². The number of rotatable bonds is 10. The van der Waals surface area contributed by atoms with Gasteiger partial charge in [0.15, 0.2) is 5.78 Å². The van der Waals surface area contributed by atoms with Crippen molar-refractivity contribution in [3.05, 3.63) is 102 Å². The number of ketones is 1. The second-order valence-corrected chi connectivity index (χ2v) is 9.33. The Balaban J connectivity index is 0.000000436. The van der Waals surface area contributed by atoms with Crippen LogP contribution in [-0.2, 0) is 11.2 Å². The molecule has 0 aliphatic carbocycles. The number of hydrogen-bond acceptors (Lipinski definition) is 6. The monoisotopic (exact) mass is 518 g/mol. The van der Waals surface area contributed by atoms with Crippen LogP contribution in [-0.4, -0.2) is 62.1 Å². The van der Waals surface area contributed by atoms with Gasteiger partial charge in [-0.1, -0.05) is 61.5 Å². The SMILES string of the molecule is CC(C(=O)c1cn(-c2ccccc2)c2ccc(CCC(=O)O)cc12)c1ccccc1.NC(CO)(CO)CO. The summed E-state index contributed by atoms with van der Waals surface area (Å²) in [6.07, 6.45) is 2.40. The van der Waals surface area contributed by atoms with Crippen molar-refractivity contribution in [3.8, 4) is 5.69 Å². The van der Waals surface area contributed by atoms with Crippen LogP contribution in [0.2, 0.25) is 0 Å². The van der Waals surface area contributed by atoms with Crippen molar-refractivity contribution < 1.29 is 30.0 Å². The summed E-state index contributed by atoms with van der Waals surface area (Å²) < 4.78 is 2.03. The number of aromatic nitrogens is 1. The third-order valence-electron chi connectivity index (χ3n) is 6.43. The van der Waals surface area contributed by atoms with E-state index in [0.717, 1.165) is 27.7 Å². The number of Topliss-reactive ketones (excluding diaryl/α,β-unsaturated/α-hetero) is 1. The zero-order valence-electron chi connectivity index (χ0n) is 21.3. The first-order chi connectivity index (χ1) is 18.2. The van der Waals surface area contributed by atoms with Gasteiger partial charge in [0, 0.05) is 35.2 Å². The lowest BCUT2D eigenvalue weighted by atomic mass is 9.92. The van der Waals surface area contributed by atoms with Crippen LogP contribution >= 0.6 is 0 Å². The fourth-order valence-electron chi connectivity index (χ4n) is 3.96. The van der Waals surface area contributed by atoms with Crippen LogP contribution in [0.5, 0.6) is 0 Å². The van der Waals surface area contributed by atoms with Crippen LogP contribution in [0.15, 0.2) is 85.1 Å². The first-order valence-corrected chi connectivity index (χ1v) is 12.3. The Morgan fingerprint density at radius 1 is 0.895 bits per heavy atom. The van der Waals surface area contributed by atoms with Gasteiger partial charge in [0.25, 0.3) is 0 Å². The van der Waals surface area contributed by atoms with E-state index in [9.17, 15) is 9.59 Å². The van der Waals surface area contributed by atoms with Crippen LogP contribution in [0.3, 0.4) is 0 Å². The van der Waals surface area contributed by atoms with E-state index in [1.165, 1.54) is 0 Å². The second-order valence-electron chi connectivity index (χ2n) is 9.33. The van der Waals surface area contributed by atoms with Crippen molar-refractivity contribution in [1.29, 1.82) is 0 Å². The van der Waals surface area contributed by atoms with E-state index >= 15 is 0 Å². The zero-order valence-corrected chi connectivity index (χ0v) is 21.3. The van der Waals surface area contributed by atoms with Gasteiger partial charge < -0.3 is 30.7 Å². The maximum absolute atomic E-state index is 13.5. The maximum Gasteiger partial charge on any atom is 0.303 e. The molecule has 200 valence electrons. The number of carboxylic acids is 1. The number of benzene rings is 3. The molecular formula is C30H34N2O6. The van der Waals surface area contributed by atoms with E-state index in [0.29, 0.717) is 12.0 Å². The van der Waals surface area contributed by atoms with Gasteiger partial charge in [-0.05, 0) is 41.8 Å². The Bertz CT molecular complexity index is 1340. The lowest BCUT2D eigenvalue weighted by Gasteiger charge is -2.20. The summed E-state index contributed by atoms with van der Waals surface area (Å²) in [6.45, 7) is 0.720. The van der Waals surface area contributed by atoms with Crippen LogP contribution in [0.4, 0.5) is 0 Å². The molecule has 0 bridgehead atoms. The Hall–Kier alpha value is -3.82. The van der Waals surface area contributed by atoms with Gasteiger partial charge in [0.05, 0.1) is 30.9 Å². The fraction of sp³-hybridized carbons (Fsp3) is 0.267. The number of nitrogens with zero attached hydrogens (tertiary/aromatic N) is 1. The number of carboxylic acid groups (broad SMARTS) is 1. The summed E-state index contributed by atoms with van der Waals surface area (Å²) in [5.74, 6) is -1.05. The summed E-state index contributed by atoms with van der Waals surface area (Å²) in [6, 6.07) is 25.6. The van der Waals surface area contributed by atoms with Crippen LogP contribution in [0, 0.1) is 0 Å². The number of carbonyl (C=O) groups is 2. The molecule has 1 heterocycles. The molecule has 6 N–H and O–H groups in total. The average Bonchev–Trinajstić information content (AvgIpc) is 3.35. The second kappa shape index (κ2) is 13.1.